The van der Waals surface area contributed by atoms with E-state index in [2.05, 4.69) is 9.97 Å². The van der Waals surface area contributed by atoms with Gasteiger partial charge in [0.25, 0.3) is 0 Å². The Balaban J connectivity index is 2.38. The van der Waals surface area contributed by atoms with E-state index in [0.29, 0.717) is 11.3 Å². The van der Waals surface area contributed by atoms with Crippen LogP contribution in [0.1, 0.15) is 16.1 Å². The quantitative estimate of drug-likeness (QED) is 0.794. The first kappa shape index (κ1) is 10.6. The van der Waals surface area contributed by atoms with Gasteiger partial charge in [0.15, 0.2) is 4.77 Å². The minimum atomic E-state index is -1.00. The predicted octanol–water partition coefficient (Wildman–Crippen LogP) is 1.69. The van der Waals surface area contributed by atoms with E-state index in [1.165, 1.54) is 10.8 Å². The van der Waals surface area contributed by atoms with E-state index in [1.54, 1.807) is 18.5 Å². The van der Waals surface area contributed by atoms with Crippen molar-refractivity contribution >= 4 is 18.2 Å². The molecule has 6 heteroatoms. The first-order chi connectivity index (χ1) is 7.68. The van der Waals surface area contributed by atoms with Crippen LogP contribution in [0.5, 0.6) is 0 Å². The summed E-state index contributed by atoms with van der Waals surface area (Å²) < 4.78 is 1.91. The van der Waals surface area contributed by atoms with Crippen LogP contribution < -0.4 is 0 Å². The van der Waals surface area contributed by atoms with Crippen molar-refractivity contribution in [3.05, 3.63) is 46.8 Å². The number of hydrogen-bond acceptors (Lipinski definition) is 3. The van der Waals surface area contributed by atoms with E-state index in [0.717, 1.165) is 5.56 Å². The third-order valence-corrected chi connectivity index (χ3v) is 2.49. The van der Waals surface area contributed by atoms with E-state index in [9.17, 15) is 4.79 Å². The van der Waals surface area contributed by atoms with Crippen LogP contribution in [0.15, 0.2) is 30.7 Å². The van der Waals surface area contributed by atoms with Gasteiger partial charge in [0.2, 0.25) is 0 Å². The molecule has 0 spiro atoms. The molecule has 16 heavy (non-hydrogen) atoms. The molecular formula is C10H9N3O2S. The first-order valence-corrected chi connectivity index (χ1v) is 4.99. The second-order valence-electron chi connectivity index (χ2n) is 3.23. The highest BCUT2D eigenvalue weighted by molar-refractivity contribution is 7.71. The highest BCUT2D eigenvalue weighted by atomic mass is 32.1. The molecule has 0 unspecified atom stereocenters. The van der Waals surface area contributed by atoms with Crippen LogP contribution in [0.2, 0.25) is 0 Å². The fraction of sp³-hybridized carbons (Fsp3) is 0.100. The van der Waals surface area contributed by atoms with Crippen molar-refractivity contribution in [3.63, 3.8) is 0 Å². The summed E-state index contributed by atoms with van der Waals surface area (Å²) in [4.78, 5) is 17.6. The van der Waals surface area contributed by atoms with Crippen LogP contribution in [-0.4, -0.2) is 25.6 Å². The molecule has 2 aromatic rings. The van der Waals surface area contributed by atoms with Crippen LogP contribution in [-0.2, 0) is 6.54 Å². The number of carboxylic acid groups (broad SMARTS) is 1. The fourth-order valence-corrected chi connectivity index (χ4v) is 1.63. The lowest BCUT2D eigenvalue weighted by atomic mass is 10.3. The maximum atomic E-state index is 10.9. The second kappa shape index (κ2) is 4.28. The van der Waals surface area contributed by atoms with Gasteiger partial charge in [-0.2, -0.15) is 0 Å². The van der Waals surface area contributed by atoms with Crippen molar-refractivity contribution < 1.29 is 9.90 Å². The van der Waals surface area contributed by atoms with Gasteiger partial charge < -0.3 is 14.7 Å². The number of imidazole rings is 1. The maximum absolute atomic E-state index is 10.9. The van der Waals surface area contributed by atoms with Crippen molar-refractivity contribution in [1.29, 1.82) is 0 Å². The molecule has 0 amide bonds. The fourth-order valence-electron chi connectivity index (χ4n) is 1.40. The standard InChI is InChI=1S/C10H9N3O2S/c14-9(15)8-5-12-10(16)13(8)6-7-2-1-3-11-4-7/h1-5H,6H2,(H,12,16)(H,14,15). The van der Waals surface area contributed by atoms with Gasteiger partial charge in [0.1, 0.15) is 5.69 Å². The highest BCUT2D eigenvalue weighted by Gasteiger charge is 2.11. The molecule has 0 fully saturated rings. The Morgan fingerprint density at radius 2 is 2.44 bits per heavy atom. The van der Waals surface area contributed by atoms with E-state index >= 15 is 0 Å². The maximum Gasteiger partial charge on any atom is 0.354 e. The summed E-state index contributed by atoms with van der Waals surface area (Å²) in [5.41, 5.74) is 1.05. The molecule has 2 heterocycles. The third kappa shape index (κ3) is 2.01. The molecule has 0 radical (unpaired) electrons. The molecule has 2 rings (SSSR count). The Kier molecular flexibility index (Phi) is 2.82. The van der Waals surface area contributed by atoms with Crippen molar-refractivity contribution in [2.45, 2.75) is 6.54 Å². The Morgan fingerprint density at radius 1 is 1.62 bits per heavy atom. The molecule has 0 aliphatic heterocycles. The zero-order valence-corrected chi connectivity index (χ0v) is 9.07. The molecule has 0 aliphatic rings. The highest BCUT2D eigenvalue weighted by Crippen LogP contribution is 2.06. The number of carbonyl (C=O) groups is 1. The van der Waals surface area contributed by atoms with Gasteiger partial charge >= 0.3 is 5.97 Å². The summed E-state index contributed by atoms with van der Waals surface area (Å²) in [6.45, 7) is 0.401. The molecule has 0 saturated heterocycles. The zero-order chi connectivity index (χ0) is 11.5. The van der Waals surface area contributed by atoms with E-state index in [4.69, 9.17) is 17.3 Å². The number of H-pyrrole nitrogens is 1. The smallest absolute Gasteiger partial charge is 0.354 e. The number of nitrogens with zero attached hydrogens (tertiary/aromatic N) is 2. The molecule has 0 atom stereocenters. The summed E-state index contributed by atoms with van der Waals surface area (Å²) in [7, 11) is 0. The van der Waals surface area contributed by atoms with E-state index in [1.807, 2.05) is 6.07 Å². The molecule has 0 bridgehead atoms. The second-order valence-corrected chi connectivity index (χ2v) is 3.62. The lowest BCUT2D eigenvalue weighted by molar-refractivity contribution is 0.0685. The summed E-state index contributed by atoms with van der Waals surface area (Å²) in [6, 6.07) is 3.67. The number of pyridine rings is 1. The lowest BCUT2D eigenvalue weighted by Crippen LogP contribution is -2.09. The van der Waals surface area contributed by atoms with Crippen LogP contribution in [0.25, 0.3) is 0 Å². The molecular weight excluding hydrogens is 226 g/mol. The van der Waals surface area contributed by atoms with E-state index in [-0.39, 0.29) is 5.69 Å². The largest absolute Gasteiger partial charge is 0.477 e. The third-order valence-electron chi connectivity index (χ3n) is 2.15. The zero-order valence-electron chi connectivity index (χ0n) is 8.25. The van der Waals surface area contributed by atoms with Gasteiger partial charge in [0.05, 0.1) is 6.54 Å². The van der Waals surface area contributed by atoms with Crippen molar-refractivity contribution in [2.24, 2.45) is 0 Å². The van der Waals surface area contributed by atoms with Gasteiger partial charge in [-0.25, -0.2) is 4.79 Å². The monoisotopic (exact) mass is 235 g/mol. The lowest BCUT2D eigenvalue weighted by Gasteiger charge is -2.04. The summed E-state index contributed by atoms with van der Waals surface area (Å²) in [5.74, 6) is -1.00. The summed E-state index contributed by atoms with van der Waals surface area (Å²) in [6.07, 6.45) is 4.74. The van der Waals surface area contributed by atoms with Crippen LogP contribution in [0.4, 0.5) is 0 Å². The Morgan fingerprint density at radius 3 is 3.06 bits per heavy atom. The molecule has 0 aliphatic carbocycles. The normalized spacial score (nSPS) is 10.2. The minimum absolute atomic E-state index is 0.147. The van der Waals surface area contributed by atoms with Crippen LogP contribution in [0.3, 0.4) is 0 Å². The minimum Gasteiger partial charge on any atom is -0.477 e. The molecule has 2 aromatic heterocycles. The predicted molar refractivity (Wildman–Crippen MR) is 59.9 cm³/mol. The number of aromatic amines is 1. The molecule has 0 saturated carbocycles. The number of aromatic carboxylic acids is 1. The average Bonchev–Trinajstić information content (AvgIpc) is 2.62. The van der Waals surface area contributed by atoms with Gasteiger partial charge in [-0.15, -0.1) is 0 Å². The Hall–Kier alpha value is -1.95. The van der Waals surface area contributed by atoms with E-state index < -0.39 is 5.97 Å². The van der Waals surface area contributed by atoms with Gasteiger partial charge in [-0.1, -0.05) is 6.07 Å². The van der Waals surface area contributed by atoms with Crippen molar-refractivity contribution in [2.75, 3.05) is 0 Å². The number of rotatable bonds is 3. The molecule has 82 valence electrons. The Labute approximate surface area is 96.4 Å². The molecule has 0 aromatic carbocycles. The molecule has 2 N–H and O–H groups in total. The van der Waals surface area contributed by atoms with Gasteiger partial charge in [0, 0.05) is 18.6 Å². The number of aromatic nitrogens is 3. The van der Waals surface area contributed by atoms with Crippen molar-refractivity contribution in [1.82, 2.24) is 14.5 Å². The first-order valence-electron chi connectivity index (χ1n) is 4.59. The van der Waals surface area contributed by atoms with Gasteiger partial charge in [-0.3, -0.25) is 4.98 Å². The topological polar surface area (TPSA) is 70.9 Å². The summed E-state index contributed by atoms with van der Waals surface area (Å²) in [5, 5.41) is 8.95. The number of carboxylic acids is 1. The number of nitrogens with one attached hydrogen (secondary N) is 1. The van der Waals surface area contributed by atoms with Crippen LogP contribution >= 0.6 is 12.2 Å². The molecule has 5 nitrogen and oxygen atoms in total. The van der Waals surface area contributed by atoms with Crippen molar-refractivity contribution in [3.8, 4) is 0 Å². The number of hydrogen-bond donors (Lipinski definition) is 2. The Bertz CT molecular complexity index is 559. The SMILES string of the molecule is O=C(O)c1c[nH]c(=S)n1Cc1cccnc1. The van der Waals surface area contributed by atoms with Gasteiger partial charge in [-0.05, 0) is 23.8 Å². The van der Waals surface area contributed by atoms with Crippen LogP contribution in [0, 0.1) is 4.77 Å². The average molecular weight is 235 g/mol. The summed E-state index contributed by atoms with van der Waals surface area (Å²) >= 11 is 5.01.